The molecule has 1 aromatic carbocycles. The molecule has 0 aliphatic rings. The van der Waals surface area contributed by atoms with Crippen molar-refractivity contribution in [1.29, 1.82) is 0 Å². The zero-order valence-electron chi connectivity index (χ0n) is 12.5. The Bertz CT molecular complexity index is 687. The zero-order chi connectivity index (χ0) is 15.9. The summed E-state index contributed by atoms with van der Waals surface area (Å²) < 4.78 is 9.90. The number of nitrogens with one attached hydrogen (secondary N) is 1. The summed E-state index contributed by atoms with van der Waals surface area (Å²) in [6, 6.07) is 9.04. The van der Waals surface area contributed by atoms with Crippen molar-refractivity contribution in [3.8, 4) is 0 Å². The lowest BCUT2D eigenvalue weighted by Crippen LogP contribution is -2.20. The smallest absolute Gasteiger partial charge is 0.331 e. The molecule has 0 unspecified atom stereocenters. The molecular formula is C17H17NO4. The van der Waals surface area contributed by atoms with Crippen LogP contribution in [0.3, 0.4) is 0 Å². The molecular weight excluding hydrogens is 282 g/mol. The van der Waals surface area contributed by atoms with E-state index >= 15 is 0 Å². The normalized spacial score (nSPS) is 10.6. The van der Waals surface area contributed by atoms with Crippen LogP contribution in [0.15, 0.2) is 47.1 Å². The minimum Gasteiger partial charge on any atom is -0.465 e. The minimum absolute atomic E-state index is 0.339. The van der Waals surface area contributed by atoms with Gasteiger partial charge in [0.1, 0.15) is 5.76 Å². The van der Waals surface area contributed by atoms with Gasteiger partial charge in [-0.3, -0.25) is 4.79 Å². The average molecular weight is 299 g/mol. The van der Waals surface area contributed by atoms with Crippen LogP contribution in [0.1, 0.15) is 16.9 Å². The number of hydrogen-bond donors (Lipinski definition) is 1. The van der Waals surface area contributed by atoms with E-state index in [1.54, 1.807) is 18.2 Å². The summed E-state index contributed by atoms with van der Waals surface area (Å²) in [7, 11) is 0. The topological polar surface area (TPSA) is 68.5 Å². The molecule has 0 saturated carbocycles. The van der Waals surface area contributed by atoms with Crippen molar-refractivity contribution < 1.29 is 18.7 Å². The lowest BCUT2D eigenvalue weighted by Gasteiger charge is -2.10. The van der Waals surface area contributed by atoms with E-state index in [-0.39, 0.29) is 12.5 Å². The predicted octanol–water partition coefficient (Wildman–Crippen LogP) is 3.09. The second-order valence-corrected chi connectivity index (χ2v) is 4.75. The third-order valence-corrected chi connectivity index (χ3v) is 3.15. The standard InChI is InChI=1S/C17H17NO4/c1-12-5-3-7-15(13(12)2)18-16(19)11-22-17(20)9-8-14-6-4-10-21-14/h3-10H,11H2,1-2H3,(H,18,19)/b9-8+. The molecule has 0 spiro atoms. The van der Waals surface area contributed by atoms with Gasteiger partial charge in [0.2, 0.25) is 0 Å². The Labute approximate surface area is 128 Å². The van der Waals surface area contributed by atoms with E-state index in [1.807, 2.05) is 26.0 Å². The van der Waals surface area contributed by atoms with Gasteiger partial charge < -0.3 is 14.5 Å². The highest BCUT2D eigenvalue weighted by molar-refractivity contribution is 5.95. The number of amides is 1. The molecule has 0 fully saturated rings. The molecule has 1 amide bonds. The highest BCUT2D eigenvalue weighted by Gasteiger charge is 2.08. The number of hydrogen-bond acceptors (Lipinski definition) is 4. The van der Waals surface area contributed by atoms with Crippen molar-refractivity contribution in [2.45, 2.75) is 13.8 Å². The first-order valence-corrected chi connectivity index (χ1v) is 6.80. The van der Waals surface area contributed by atoms with Crippen molar-refractivity contribution in [3.63, 3.8) is 0 Å². The Hall–Kier alpha value is -2.82. The van der Waals surface area contributed by atoms with E-state index in [2.05, 4.69) is 5.32 Å². The van der Waals surface area contributed by atoms with Crippen LogP contribution >= 0.6 is 0 Å². The fourth-order valence-electron chi connectivity index (χ4n) is 1.79. The van der Waals surface area contributed by atoms with E-state index in [9.17, 15) is 9.59 Å². The molecule has 0 atom stereocenters. The molecule has 0 bridgehead atoms. The molecule has 5 heteroatoms. The van der Waals surface area contributed by atoms with Crippen molar-refractivity contribution in [2.75, 3.05) is 11.9 Å². The molecule has 114 valence electrons. The molecule has 0 aliphatic carbocycles. The highest BCUT2D eigenvalue weighted by Crippen LogP contribution is 2.17. The maximum atomic E-state index is 11.8. The van der Waals surface area contributed by atoms with Gasteiger partial charge in [0.15, 0.2) is 6.61 Å². The number of anilines is 1. The third-order valence-electron chi connectivity index (χ3n) is 3.15. The van der Waals surface area contributed by atoms with Crippen LogP contribution in [0.25, 0.3) is 6.08 Å². The second kappa shape index (κ2) is 7.26. The molecule has 5 nitrogen and oxygen atoms in total. The van der Waals surface area contributed by atoms with Gasteiger partial charge in [0.05, 0.1) is 6.26 Å². The molecule has 0 saturated heterocycles. The van der Waals surface area contributed by atoms with Crippen LogP contribution in [0.2, 0.25) is 0 Å². The van der Waals surface area contributed by atoms with Crippen LogP contribution in [0.4, 0.5) is 5.69 Å². The quantitative estimate of drug-likeness (QED) is 0.680. The van der Waals surface area contributed by atoms with Gasteiger partial charge in [-0.2, -0.15) is 0 Å². The van der Waals surface area contributed by atoms with E-state index in [1.165, 1.54) is 18.4 Å². The Morgan fingerprint density at radius 2 is 2.05 bits per heavy atom. The number of esters is 1. The van der Waals surface area contributed by atoms with Gasteiger partial charge in [0, 0.05) is 11.8 Å². The van der Waals surface area contributed by atoms with Gasteiger partial charge in [-0.25, -0.2) is 4.79 Å². The van der Waals surface area contributed by atoms with Crippen molar-refractivity contribution in [1.82, 2.24) is 0 Å². The maximum absolute atomic E-state index is 11.8. The molecule has 1 heterocycles. The average Bonchev–Trinajstić information content (AvgIpc) is 3.01. The monoisotopic (exact) mass is 299 g/mol. The Kier molecular flexibility index (Phi) is 5.14. The van der Waals surface area contributed by atoms with Gasteiger partial charge in [0.25, 0.3) is 5.91 Å². The molecule has 2 aromatic rings. The van der Waals surface area contributed by atoms with Crippen molar-refractivity contribution in [3.05, 3.63) is 59.6 Å². The van der Waals surface area contributed by atoms with Crippen molar-refractivity contribution >= 4 is 23.6 Å². The fourth-order valence-corrected chi connectivity index (χ4v) is 1.79. The molecule has 1 N–H and O–H groups in total. The molecule has 2 rings (SSSR count). The van der Waals surface area contributed by atoms with Crippen LogP contribution in [0, 0.1) is 13.8 Å². The van der Waals surface area contributed by atoms with Gasteiger partial charge >= 0.3 is 5.97 Å². The summed E-state index contributed by atoms with van der Waals surface area (Å²) in [5.74, 6) is -0.447. The number of carbonyl (C=O) groups excluding carboxylic acids is 2. The number of carbonyl (C=O) groups is 2. The first-order valence-electron chi connectivity index (χ1n) is 6.80. The second-order valence-electron chi connectivity index (χ2n) is 4.75. The minimum atomic E-state index is -0.604. The van der Waals surface area contributed by atoms with Gasteiger partial charge in [-0.1, -0.05) is 12.1 Å². The van der Waals surface area contributed by atoms with E-state index in [4.69, 9.17) is 9.15 Å². The number of rotatable bonds is 5. The summed E-state index contributed by atoms with van der Waals surface area (Å²) in [5, 5.41) is 2.72. The summed E-state index contributed by atoms with van der Waals surface area (Å²) in [5.41, 5.74) is 2.78. The lowest BCUT2D eigenvalue weighted by atomic mass is 10.1. The van der Waals surface area contributed by atoms with Gasteiger partial charge in [-0.05, 0) is 49.2 Å². The van der Waals surface area contributed by atoms with Gasteiger partial charge in [-0.15, -0.1) is 0 Å². The van der Waals surface area contributed by atoms with Crippen LogP contribution in [0.5, 0.6) is 0 Å². The van der Waals surface area contributed by atoms with Crippen LogP contribution in [-0.4, -0.2) is 18.5 Å². The molecule has 1 aromatic heterocycles. The first kappa shape index (κ1) is 15.6. The zero-order valence-corrected chi connectivity index (χ0v) is 12.5. The number of furan rings is 1. The summed E-state index contributed by atoms with van der Waals surface area (Å²) in [6.45, 7) is 3.54. The van der Waals surface area contributed by atoms with Crippen LogP contribution in [-0.2, 0) is 14.3 Å². The largest absolute Gasteiger partial charge is 0.465 e. The Morgan fingerprint density at radius 3 is 2.77 bits per heavy atom. The predicted molar refractivity (Wildman–Crippen MR) is 83.2 cm³/mol. The maximum Gasteiger partial charge on any atom is 0.331 e. The Morgan fingerprint density at radius 1 is 1.23 bits per heavy atom. The van der Waals surface area contributed by atoms with E-state index < -0.39 is 5.97 Å². The number of benzene rings is 1. The molecule has 22 heavy (non-hydrogen) atoms. The van der Waals surface area contributed by atoms with Crippen molar-refractivity contribution in [2.24, 2.45) is 0 Å². The number of ether oxygens (including phenoxy) is 1. The molecule has 0 radical (unpaired) electrons. The van der Waals surface area contributed by atoms with E-state index in [0.717, 1.165) is 11.1 Å². The third kappa shape index (κ3) is 4.34. The van der Waals surface area contributed by atoms with Crippen LogP contribution < -0.4 is 5.32 Å². The lowest BCUT2D eigenvalue weighted by molar-refractivity contribution is -0.142. The molecule has 0 aliphatic heterocycles. The summed E-state index contributed by atoms with van der Waals surface area (Å²) >= 11 is 0. The summed E-state index contributed by atoms with van der Waals surface area (Å²) in [6.07, 6.45) is 4.19. The fraction of sp³-hybridized carbons (Fsp3) is 0.176. The number of aryl methyl sites for hydroxylation is 1. The Balaban J connectivity index is 1.82. The van der Waals surface area contributed by atoms with E-state index in [0.29, 0.717) is 11.4 Å². The SMILES string of the molecule is Cc1cccc(NC(=O)COC(=O)/C=C/c2ccco2)c1C. The highest BCUT2D eigenvalue weighted by atomic mass is 16.5. The first-order chi connectivity index (χ1) is 10.6. The summed E-state index contributed by atoms with van der Waals surface area (Å²) in [4.78, 5) is 23.3.